The highest BCUT2D eigenvalue weighted by Gasteiger charge is 2.30. The molecule has 0 spiro atoms. The molecule has 4 heteroatoms. The van der Waals surface area contributed by atoms with Crippen molar-refractivity contribution >= 4 is 11.0 Å². The topological polar surface area (TPSA) is 50.9 Å². The van der Waals surface area contributed by atoms with Gasteiger partial charge >= 0.3 is 0 Å². The molecule has 0 saturated heterocycles. The Morgan fingerprint density at radius 3 is 1.78 bits per heavy atom. The molecule has 0 aliphatic heterocycles. The van der Waals surface area contributed by atoms with E-state index in [-0.39, 0.29) is 33.8 Å². The van der Waals surface area contributed by atoms with Crippen molar-refractivity contribution in [2.24, 2.45) is 0 Å². The number of fused-ring (bicyclic) bond motifs is 1. The number of hydrogen-bond acceptors (Lipinski definition) is 3. The standard InChI is InChI=1S/C69H75N3O/c1-43-36-47(61-53(45-22-18-17-19-23-45)24-20-26-56(61)68(11,12)13)30-33-59(43)72-60-27-21-25-54(62(60)71-64(72)55-41-52(67(8,9)10)42-57(63(55)73)69(14,15)16)48-37-49(39-51(38-48)66(5,6)7)58-40-46(34-35-70-58)44-28-31-50(32-29-44)65(2,3)4/h17-42,73H,1-16H3/i1D3,8D3,9D3,10D3,14D3,15D3,16D3. The molecule has 4 nitrogen and oxygen atoms in total. The molecule has 0 unspecified atom stereocenters. The maximum absolute atomic E-state index is 13.2. The molecule has 0 bridgehead atoms. The normalized spacial score (nSPS) is 18.2. The van der Waals surface area contributed by atoms with Gasteiger partial charge in [0.2, 0.25) is 0 Å². The van der Waals surface area contributed by atoms with E-state index in [4.69, 9.17) is 34.6 Å². The molecule has 73 heavy (non-hydrogen) atoms. The summed E-state index contributed by atoms with van der Waals surface area (Å²) < 4.78 is 189. The molecule has 1 N–H and O–H groups in total. The second kappa shape index (κ2) is 18.5. The number of phenols is 1. The van der Waals surface area contributed by atoms with Crippen LogP contribution in [0.2, 0.25) is 0 Å². The van der Waals surface area contributed by atoms with Crippen LogP contribution < -0.4 is 0 Å². The molecule has 0 aliphatic carbocycles. The molecule has 9 aromatic rings. The Labute approximate surface area is 465 Å². The summed E-state index contributed by atoms with van der Waals surface area (Å²) in [4.78, 5) is 9.99. The van der Waals surface area contributed by atoms with Gasteiger partial charge in [0.1, 0.15) is 11.6 Å². The van der Waals surface area contributed by atoms with Crippen molar-refractivity contribution in [2.75, 3.05) is 0 Å². The van der Waals surface area contributed by atoms with Crippen molar-refractivity contribution in [1.29, 1.82) is 0 Å². The molecule has 0 radical (unpaired) electrons. The molecule has 0 fully saturated rings. The first-order valence-corrected chi connectivity index (χ1v) is 24.4. The summed E-state index contributed by atoms with van der Waals surface area (Å²) in [6.07, 6.45) is 1.70. The van der Waals surface area contributed by atoms with Crippen molar-refractivity contribution < 1.29 is 33.9 Å². The molecule has 2 aromatic heterocycles. The number of nitrogens with zero attached hydrogens (tertiary/aromatic N) is 3. The van der Waals surface area contributed by atoms with Crippen molar-refractivity contribution in [1.82, 2.24) is 14.5 Å². The third kappa shape index (κ3) is 10.1. The molecule has 0 atom stereocenters. The maximum atomic E-state index is 13.2. The third-order valence-corrected chi connectivity index (χ3v) is 13.6. The van der Waals surface area contributed by atoms with Crippen molar-refractivity contribution in [2.45, 2.75) is 137 Å². The summed E-state index contributed by atoms with van der Waals surface area (Å²) >= 11 is 0. The molecular formula is C69H75N3O. The number of aromatic nitrogens is 3. The fraction of sp³-hybridized carbons (Fsp3) is 0.304. The SMILES string of the molecule is [2H]C([2H])([2H])c1cc(-c2c(-c3ccccc3)cccc2C(C)(C)C)ccc1-n1c(-c2cc(C(C([2H])([2H])[2H])(C([2H])([2H])[2H])C([2H])([2H])[2H])cc(C(C([2H])([2H])[2H])(C([2H])([2H])[2H])C([2H])([2H])[2H])c2O)nc2c(-c3cc(-c4cc(-c5ccc(C(C)(C)C)cc5)ccn4)cc(C(C)(C)C)c3)cccc21. The van der Waals surface area contributed by atoms with Crippen LogP contribution in [0.25, 0.3) is 83.9 Å². The Hall–Kier alpha value is -7.04. The molecule has 0 saturated carbocycles. The number of hydrogen-bond donors (Lipinski definition) is 1. The number of benzene rings is 7. The van der Waals surface area contributed by atoms with Crippen LogP contribution in [-0.4, -0.2) is 19.6 Å². The lowest BCUT2D eigenvalue weighted by atomic mass is 9.78. The molecule has 372 valence electrons. The Bertz CT molecular complexity index is 4260. The van der Waals surface area contributed by atoms with E-state index < -0.39 is 97.9 Å². The van der Waals surface area contributed by atoms with Gasteiger partial charge in [0.05, 0.1) is 28.0 Å². The number of phenolic OH excluding ortho intramolecular Hbond substituents is 1. The summed E-state index contributed by atoms with van der Waals surface area (Å²) in [5, 5.41) is 13.2. The lowest BCUT2D eigenvalue weighted by Crippen LogP contribution is -2.17. The second-order valence-corrected chi connectivity index (χ2v) is 22.2. The lowest BCUT2D eigenvalue weighted by molar-refractivity contribution is 0.446. The predicted molar refractivity (Wildman–Crippen MR) is 311 cm³/mol. The van der Waals surface area contributed by atoms with Gasteiger partial charge in [-0.1, -0.05) is 207 Å². The van der Waals surface area contributed by atoms with Crippen molar-refractivity contribution in [3.8, 4) is 78.6 Å². The molecule has 0 aliphatic rings. The van der Waals surface area contributed by atoms with Gasteiger partial charge < -0.3 is 5.11 Å². The first kappa shape index (κ1) is 30.9. The highest BCUT2D eigenvalue weighted by atomic mass is 16.3. The molecular weight excluding hydrogens is 887 g/mol. The quantitative estimate of drug-likeness (QED) is 0.173. The van der Waals surface area contributed by atoms with E-state index in [1.54, 1.807) is 24.4 Å². The first-order chi connectivity index (χ1) is 42.9. The van der Waals surface area contributed by atoms with Gasteiger partial charge in [0, 0.05) is 51.7 Å². The highest BCUT2D eigenvalue weighted by Crippen LogP contribution is 2.47. The molecule has 2 heterocycles. The summed E-state index contributed by atoms with van der Waals surface area (Å²) in [5.74, 6) is -2.14. The van der Waals surface area contributed by atoms with Gasteiger partial charge in [0.15, 0.2) is 0 Å². The summed E-state index contributed by atoms with van der Waals surface area (Å²) in [6.45, 7) is -9.71. The Balaban J connectivity index is 1.49. The molecule has 9 rings (SSSR count). The number of aryl methyl sites for hydroxylation is 1. The largest absolute Gasteiger partial charge is 0.507 e. The number of pyridine rings is 1. The van der Waals surface area contributed by atoms with Crippen LogP contribution >= 0.6 is 0 Å². The monoisotopic (exact) mass is 983 g/mol. The number of rotatable bonds is 7. The zero-order valence-corrected chi connectivity index (χ0v) is 42.8. The van der Waals surface area contributed by atoms with E-state index in [2.05, 4.69) is 32.9 Å². The average Bonchev–Trinajstić information content (AvgIpc) is 0.918. The van der Waals surface area contributed by atoms with Crippen molar-refractivity contribution in [3.05, 3.63) is 191 Å². The minimum Gasteiger partial charge on any atom is -0.507 e. The number of aromatic hydroxyl groups is 1. The first-order valence-electron chi connectivity index (χ1n) is 34.9. The molecule has 0 amide bonds. The fourth-order valence-electron chi connectivity index (χ4n) is 9.59. The van der Waals surface area contributed by atoms with E-state index in [9.17, 15) is 9.22 Å². The molecule has 7 aromatic carbocycles. The van der Waals surface area contributed by atoms with Gasteiger partial charge in [-0.3, -0.25) is 9.55 Å². The zero-order chi connectivity index (χ0) is 70.1. The summed E-state index contributed by atoms with van der Waals surface area (Å²) in [7, 11) is 0. The van der Waals surface area contributed by atoms with Crippen LogP contribution in [0.1, 0.15) is 166 Å². The van der Waals surface area contributed by atoms with Gasteiger partial charge in [-0.25, -0.2) is 4.98 Å². The Kier molecular flexibility index (Phi) is 7.81. The van der Waals surface area contributed by atoms with Gasteiger partial charge in [-0.05, 0) is 149 Å². The van der Waals surface area contributed by atoms with Crippen LogP contribution in [0.15, 0.2) is 158 Å². The lowest BCUT2D eigenvalue weighted by Gasteiger charge is -2.28. The smallest absolute Gasteiger partial charge is 0.149 e. The van der Waals surface area contributed by atoms with E-state index >= 15 is 0 Å². The van der Waals surface area contributed by atoms with Crippen molar-refractivity contribution in [3.63, 3.8) is 0 Å². The second-order valence-electron chi connectivity index (χ2n) is 22.2. The Morgan fingerprint density at radius 1 is 0.452 bits per heavy atom. The maximum Gasteiger partial charge on any atom is 0.149 e. The highest BCUT2D eigenvalue weighted by molar-refractivity contribution is 5.97. The Morgan fingerprint density at radius 2 is 1.11 bits per heavy atom. The van der Waals surface area contributed by atoms with Crippen LogP contribution in [0.4, 0.5) is 0 Å². The van der Waals surface area contributed by atoms with Gasteiger partial charge in [0.25, 0.3) is 0 Å². The minimum absolute atomic E-state index is 0.00831. The van der Waals surface area contributed by atoms with Crippen LogP contribution in [0.3, 0.4) is 0 Å². The van der Waals surface area contributed by atoms with Gasteiger partial charge in [-0.2, -0.15) is 0 Å². The minimum atomic E-state index is -4.25. The van der Waals surface area contributed by atoms with E-state index in [0.717, 1.165) is 38.9 Å². The van der Waals surface area contributed by atoms with E-state index in [1.165, 1.54) is 22.8 Å². The third-order valence-electron chi connectivity index (χ3n) is 13.6. The predicted octanol–water partition coefficient (Wildman–Crippen LogP) is 18.9. The van der Waals surface area contributed by atoms with Crippen LogP contribution in [0, 0.1) is 6.85 Å². The number of imidazole rings is 1. The van der Waals surface area contributed by atoms with E-state index in [0.29, 0.717) is 39.6 Å². The fourth-order valence-corrected chi connectivity index (χ4v) is 9.59. The average molecular weight is 984 g/mol. The summed E-state index contributed by atoms with van der Waals surface area (Å²) in [5.41, 5.74) is -4.61. The zero-order valence-electron chi connectivity index (χ0n) is 63.8. The van der Waals surface area contributed by atoms with Crippen LogP contribution in [0.5, 0.6) is 5.75 Å². The van der Waals surface area contributed by atoms with E-state index in [1.807, 2.05) is 133 Å². The van der Waals surface area contributed by atoms with Gasteiger partial charge in [-0.15, -0.1) is 0 Å². The number of para-hydroxylation sites is 1. The van der Waals surface area contributed by atoms with Crippen LogP contribution in [-0.2, 0) is 27.1 Å². The summed E-state index contributed by atoms with van der Waals surface area (Å²) in [6, 6.07) is 43.4.